The Morgan fingerprint density at radius 3 is 2.72 bits per heavy atom. The summed E-state index contributed by atoms with van der Waals surface area (Å²) in [5, 5.41) is 2.52. The summed E-state index contributed by atoms with van der Waals surface area (Å²) in [6.07, 6.45) is 0.879. The third-order valence-electron chi connectivity index (χ3n) is 2.94. The number of nitrogens with zero attached hydrogens (tertiary/aromatic N) is 1. The maximum Gasteiger partial charge on any atom is 0.299 e. The van der Waals surface area contributed by atoms with Crippen molar-refractivity contribution in [3.05, 3.63) is 29.8 Å². The lowest BCUT2D eigenvalue weighted by atomic mass is 10.1. The Labute approximate surface area is 105 Å². The number of hydrogen-bond acceptors (Lipinski definition) is 3. The van der Waals surface area contributed by atoms with Gasteiger partial charge in [0.15, 0.2) is 0 Å². The van der Waals surface area contributed by atoms with Gasteiger partial charge in [-0.05, 0) is 18.6 Å². The third-order valence-corrected chi connectivity index (χ3v) is 2.94. The van der Waals surface area contributed by atoms with Crippen LogP contribution < -0.4 is 10.2 Å². The number of hydrogen-bond donors (Lipinski definition) is 1. The lowest BCUT2D eigenvalue weighted by Gasteiger charge is -2.15. The van der Waals surface area contributed by atoms with Crippen LogP contribution in [0.2, 0.25) is 0 Å². The van der Waals surface area contributed by atoms with Crippen LogP contribution in [0.15, 0.2) is 24.3 Å². The van der Waals surface area contributed by atoms with Crippen LogP contribution in [0, 0.1) is 0 Å². The van der Waals surface area contributed by atoms with Crippen LogP contribution >= 0.6 is 0 Å². The zero-order valence-corrected chi connectivity index (χ0v) is 10.1. The largest absolute Gasteiger partial charge is 0.359 e. The summed E-state index contributed by atoms with van der Waals surface area (Å²) in [7, 11) is 1.57. The zero-order valence-electron chi connectivity index (χ0n) is 10.1. The summed E-state index contributed by atoms with van der Waals surface area (Å²) in [5.41, 5.74) is 1.09. The number of ketones is 1. The highest BCUT2D eigenvalue weighted by Crippen LogP contribution is 2.28. The van der Waals surface area contributed by atoms with Gasteiger partial charge >= 0.3 is 0 Å². The van der Waals surface area contributed by atoms with E-state index in [0.717, 1.165) is 0 Å². The number of amides is 2. The fraction of sp³-hybridized carbons (Fsp3) is 0.308. The van der Waals surface area contributed by atoms with E-state index in [4.69, 9.17) is 0 Å². The van der Waals surface area contributed by atoms with Gasteiger partial charge in [0.2, 0.25) is 5.91 Å². The Morgan fingerprint density at radius 2 is 2.00 bits per heavy atom. The van der Waals surface area contributed by atoms with Crippen molar-refractivity contribution in [1.29, 1.82) is 0 Å². The van der Waals surface area contributed by atoms with Crippen molar-refractivity contribution in [2.45, 2.75) is 12.8 Å². The van der Waals surface area contributed by atoms with Gasteiger partial charge in [0.05, 0.1) is 11.3 Å². The van der Waals surface area contributed by atoms with E-state index in [-0.39, 0.29) is 5.91 Å². The number of nitrogens with one attached hydrogen (secondary N) is 1. The van der Waals surface area contributed by atoms with Crippen LogP contribution in [0.3, 0.4) is 0 Å². The van der Waals surface area contributed by atoms with Crippen LogP contribution in [0.1, 0.15) is 23.2 Å². The second-order valence-electron chi connectivity index (χ2n) is 4.08. The van der Waals surface area contributed by atoms with Crippen molar-refractivity contribution < 1.29 is 14.4 Å². The highest BCUT2D eigenvalue weighted by molar-refractivity contribution is 6.52. The molecule has 0 saturated carbocycles. The van der Waals surface area contributed by atoms with Crippen molar-refractivity contribution >= 4 is 23.3 Å². The summed E-state index contributed by atoms with van der Waals surface area (Å²) >= 11 is 0. The van der Waals surface area contributed by atoms with Crippen LogP contribution in [0.5, 0.6) is 0 Å². The predicted molar refractivity (Wildman–Crippen MR) is 66.4 cm³/mol. The molecule has 0 aliphatic carbocycles. The van der Waals surface area contributed by atoms with E-state index in [2.05, 4.69) is 5.32 Å². The Balaban J connectivity index is 2.08. The molecule has 1 aromatic rings. The molecule has 0 saturated heterocycles. The molecule has 1 aliphatic heterocycles. The molecule has 0 aromatic heterocycles. The van der Waals surface area contributed by atoms with Crippen LogP contribution in [0.4, 0.5) is 5.69 Å². The fourth-order valence-corrected chi connectivity index (χ4v) is 1.99. The first-order valence-corrected chi connectivity index (χ1v) is 5.81. The molecule has 0 fully saturated rings. The zero-order chi connectivity index (χ0) is 13.1. The number of para-hydroxylation sites is 1. The molecule has 1 N–H and O–H groups in total. The van der Waals surface area contributed by atoms with Crippen molar-refractivity contribution in [2.75, 3.05) is 18.5 Å². The SMILES string of the molecule is CNC(=O)CCCN1C(=O)C(=O)c2ccccc21. The molecular formula is C13H14N2O3. The molecule has 0 unspecified atom stereocenters. The smallest absolute Gasteiger partial charge is 0.299 e. The highest BCUT2D eigenvalue weighted by Gasteiger charge is 2.34. The first-order chi connectivity index (χ1) is 8.65. The van der Waals surface area contributed by atoms with Gasteiger partial charge in [0.25, 0.3) is 11.7 Å². The van der Waals surface area contributed by atoms with Gasteiger partial charge in [-0.3, -0.25) is 14.4 Å². The Hall–Kier alpha value is -2.17. The van der Waals surface area contributed by atoms with Gasteiger partial charge in [0.1, 0.15) is 0 Å². The number of Topliss-reactive ketones (excluding diaryl/α,β-unsaturated/α-hetero) is 1. The standard InChI is InChI=1S/C13H14N2O3/c1-14-11(16)7-4-8-15-10-6-3-2-5-9(10)12(17)13(15)18/h2-3,5-6H,4,7-8H2,1H3,(H,14,16). The number of carbonyl (C=O) groups is 3. The normalized spacial score (nSPS) is 13.7. The monoisotopic (exact) mass is 246 g/mol. The molecule has 18 heavy (non-hydrogen) atoms. The summed E-state index contributed by atoms with van der Waals surface area (Å²) in [4.78, 5) is 36.0. The maximum atomic E-state index is 11.8. The van der Waals surface area contributed by atoms with Gasteiger partial charge in [0, 0.05) is 20.0 Å². The molecule has 0 atom stereocenters. The molecular weight excluding hydrogens is 232 g/mol. The van der Waals surface area contributed by atoms with E-state index in [1.165, 1.54) is 4.90 Å². The minimum Gasteiger partial charge on any atom is -0.359 e. The fourth-order valence-electron chi connectivity index (χ4n) is 1.99. The van der Waals surface area contributed by atoms with E-state index in [9.17, 15) is 14.4 Å². The number of rotatable bonds is 4. The van der Waals surface area contributed by atoms with Gasteiger partial charge < -0.3 is 10.2 Å². The van der Waals surface area contributed by atoms with Crippen LogP contribution in [-0.4, -0.2) is 31.2 Å². The third kappa shape index (κ3) is 2.11. The summed E-state index contributed by atoms with van der Waals surface area (Å²) < 4.78 is 0. The topological polar surface area (TPSA) is 66.5 Å². The van der Waals surface area contributed by atoms with Gasteiger partial charge in [-0.2, -0.15) is 0 Å². The first kappa shape index (κ1) is 12.3. The van der Waals surface area contributed by atoms with E-state index in [1.54, 1.807) is 31.3 Å². The van der Waals surface area contributed by atoms with Crippen LogP contribution in [-0.2, 0) is 9.59 Å². The number of fused-ring (bicyclic) bond motifs is 1. The molecule has 2 amide bonds. The Kier molecular flexibility index (Phi) is 3.41. The Morgan fingerprint density at radius 1 is 1.28 bits per heavy atom. The molecule has 0 bridgehead atoms. The van der Waals surface area contributed by atoms with Crippen molar-refractivity contribution in [2.24, 2.45) is 0 Å². The molecule has 1 aliphatic rings. The van der Waals surface area contributed by atoms with E-state index in [1.807, 2.05) is 0 Å². The number of carbonyl (C=O) groups excluding carboxylic acids is 3. The average molecular weight is 246 g/mol. The van der Waals surface area contributed by atoms with Gasteiger partial charge in [-0.1, -0.05) is 12.1 Å². The van der Waals surface area contributed by atoms with Gasteiger partial charge in [-0.25, -0.2) is 0 Å². The van der Waals surface area contributed by atoms with Gasteiger partial charge in [-0.15, -0.1) is 0 Å². The molecule has 1 aromatic carbocycles. The highest BCUT2D eigenvalue weighted by atomic mass is 16.2. The molecule has 5 heteroatoms. The molecule has 1 heterocycles. The first-order valence-electron chi connectivity index (χ1n) is 5.81. The summed E-state index contributed by atoms with van der Waals surface area (Å²) in [5.74, 6) is -1.04. The number of anilines is 1. The van der Waals surface area contributed by atoms with E-state index >= 15 is 0 Å². The minimum atomic E-state index is -0.506. The molecule has 0 radical (unpaired) electrons. The average Bonchev–Trinajstić information content (AvgIpc) is 2.64. The predicted octanol–water partition coefficient (Wildman–Crippen LogP) is 0.742. The van der Waals surface area contributed by atoms with E-state index in [0.29, 0.717) is 30.6 Å². The molecule has 94 valence electrons. The summed E-state index contributed by atoms with van der Waals surface area (Å²) in [6.45, 7) is 0.384. The Bertz CT molecular complexity index is 511. The minimum absolute atomic E-state index is 0.0683. The lowest BCUT2D eigenvalue weighted by Crippen LogP contribution is -2.31. The second-order valence-corrected chi connectivity index (χ2v) is 4.08. The molecule has 2 rings (SSSR count). The maximum absolute atomic E-state index is 11.8. The van der Waals surface area contributed by atoms with Crippen molar-refractivity contribution in [1.82, 2.24) is 5.32 Å². The summed E-state index contributed by atoms with van der Waals surface area (Å²) in [6, 6.07) is 6.92. The number of benzene rings is 1. The molecule has 5 nitrogen and oxygen atoms in total. The van der Waals surface area contributed by atoms with Crippen molar-refractivity contribution in [3.63, 3.8) is 0 Å². The quantitative estimate of drug-likeness (QED) is 0.797. The lowest BCUT2D eigenvalue weighted by molar-refractivity contribution is -0.121. The molecule has 0 spiro atoms. The van der Waals surface area contributed by atoms with E-state index < -0.39 is 11.7 Å². The van der Waals surface area contributed by atoms with Crippen LogP contribution in [0.25, 0.3) is 0 Å². The second kappa shape index (κ2) is 5.00. The van der Waals surface area contributed by atoms with Crippen molar-refractivity contribution in [3.8, 4) is 0 Å².